The van der Waals surface area contributed by atoms with Gasteiger partial charge >= 0.3 is 0 Å². The predicted octanol–water partition coefficient (Wildman–Crippen LogP) is 3.60. The number of hydrogen-bond acceptors (Lipinski definition) is 2. The molecule has 0 bridgehead atoms. The normalized spacial score (nSPS) is 12.5. The van der Waals surface area contributed by atoms with Crippen molar-refractivity contribution >= 4 is 33.3 Å². The monoisotopic (exact) mass is 317 g/mol. The number of rotatable bonds is 6. The van der Waals surface area contributed by atoms with Crippen LogP contribution in [-0.4, -0.2) is 18.4 Å². The lowest BCUT2D eigenvalue weighted by Crippen LogP contribution is -2.31. The Morgan fingerprint density at radius 1 is 1.53 bits per heavy atom. The average Bonchev–Trinajstić information content (AvgIpc) is 2.29. The highest BCUT2D eigenvalue weighted by Crippen LogP contribution is 2.21. The molecule has 17 heavy (non-hydrogen) atoms. The van der Waals surface area contributed by atoms with Crippen LogP contribution in [0.25, 0.3) is 0 Å². The highest BCUT2D eigenvalue weighted by atomic mass is 79.9. The summed E-state index contributed by atoms with van der Waals surface area (Å²) in [6, 6.07) is 5.97. The summed E-state index contributed by atoms with van der Waals surface area (Å²) in [6.07, 6.45) is 1.40. The van der Waals surface area contributed by atoms with Crippen molar-refractivity contribution in [3.63, 3.8) is 0 Å². The molecule has 2 nitrogen and oxygen atoms in total. The molecule has 0 aliphatic heterocycles. The molecule has 0 radical (unpaired) electrons. The van der Waals surface area contributed by atoms with Crippen molar-refractivity contribution in [3.05, 3.63) is 33.3 Å². The summed E-state index contributed by atoms with van der Waals surface area (Å²) < 4.78 is 0.927. The summed E-state index contributed by atoms with van der Waals surface area (Å²) in [6.45, 7) is 4.56. The SMILES string of the molecule is CCC(C)NCC(=O)Cc1ccc(Br)cc1Cl. The second-order valence-corrected chi connectivity index (χ2v) is 5.46. The third kappa shape index (κ3) is 5.19. The Bertz CT molecular complexity index is 395. The van der Waals surface area contributed by atoms with Crippen LogP contribution in [0, 0.1) is 0 Å². The zero-order valence-electron chi connectivity index (χ0n) is 10.1. The van der Waals surface area contributed by atoms with E-state index in [9.17, 15) is 4.79 Å². The Morgan fingerprint density at radius 3 is 2.82 bits per heavy atom. The first kappa shape index (κ1) is 14.7. The maximum atomic E-state index is 11.7. The van der Waals surface area contributed by atoms with Gasteiger partial charge in [0.1, 0.15) is 0 Å². The summed E-state index contributed by atoms with van der Waals surface area (Å²) in [5, 5.41) is 3.82. The highest BCUT2D eigenvalue weighted by molar-refractivity contribution is 9.10. The summed E-state index contributed by atoms with van der Waals surface area (Å²) in [5.41, 5.74) is 0.880. The minimum Gasteiger partial charge on any atom is -0.307 e. The summed E-state index contributed by atoms with van der Waals surface area (Å²) in [4.78, 5) is 11.7. The quantitative estimate of drug-likeness (QED) is 0.868. The van der Waals surface area contributed by atoms with E-state index in [0.717, 1.165) is 16.5 Å². The molecule has 1 unspecified atom stereocenters. The molecule has 4 heteroatoms. The van der Waals surface area contributed by atoms with Gasteiger partial charge in [0.05, 0.1) is 6.54 Å². The Balaban J connectivity index is 2.50. The molecule has 1 aromatic carbocycles. The van der Waals surface area contributed by atoms with Gasteiger partial charge in [0.15, 0.2) is 5.78 Å². The second-order valence-electron chi connectivity index (χ2n) is 4.14. The number of Topliss-reactive ketones (excluding diaryl/α,β-unsaturated/α-hetero) is 1. The fourth-order valence-electron chi connectivity index (χ4n) is 1.37. The first-order valence-electron chi connectivity index (χ1n) is 5.72. The van der Waals surface area contributed by atoms with Crippen molar-refractivity contribution in [2.75, 3.05) is 6.54 Å². The van der Waals surface area contributed by atoms with Gasteiger partial charge in [0.25, 0.3) is 0 Å². The number of ketones is 1. The van der Waals surface area contributed by atoms with E-state index in [2.05, 4.69) is 35.1 Å². The van der Waals surface area contributed by atoms with Crippen LogP contribution < -0.4 is 5.32 Å². The van der Waals surface area contributed by atoms with E-state index >= 15 is 0 Å². The summed E-state index contributed by atoms with van der Waals surface area (Å²) >= 11 is 9.40. The number of carbonyl (C=O) groups is 1. The smallest absolute Gasteiger partial charge is 0.151 e. The lowest BCUT2D eigenvalue weighted by Gasteiger charge is -2.10. The maximum Gasteiger partial charge on any atom is 0.151 e. The molecule has 0 aliphatic carbocycles. The molecule has 0 amide bonds. The fourth-order valence-corrected chi connectivity index (χ4v) is 2.11. The summed E-state index contributed by atoms with van der Waals surface area (Å²) in [5.74, 6) is 0.162. The number of halogens is 2. The Kier molecular flexibility index (Phi) is 6.17. The van der Waals surface area contributed by atoms with Crippen molar-refractivity contribution in [2.24, 2.45) is 0 Å². The molecule has 0 aromatic heterocycles. The number of carbonyl (C=O) groups excluding carboxylic acids is 1. The van der Waals surface area contributed by atoms with Gasteiger partial charge in [-0.15, -0.1) is 0 Å². The lowest BCUT2D eigenvalue weighted by atomic mass is 10.1. The molecule has 1 aromatic rings. The molecule has 0 fully saturated rings. The molecular formula is C13H17BrClNO. The topological polar surface area (TPSA) is 29.1 Å². The van der Waals surface area contributed by atoms with E-state index in [-0.39, 0.29) is 5.78 Å². The molecule has 1 atom stereocenters. The lowest BCUT2D eigenvalue weighted by molar-refractivity contribution is -0.117. The van der Waals surface area contributed by atoms with Crippen LogP contribution in [-0.2, 0) is 11.2 Å². The van der Waals surface area contributed by atoms with Crippen molar-refractivity contribution in [1.82, 2.24) is 5.32 Å². The van der Waals surface area contributed by atoms with E-state index in [4.69, 9.17) is 11.6 Å². The highest BCUT2D eigenvalue weighted by Gasteiger charge is 2.08. The summed E-state index contributed by atoms with van der Waals surface area (Å²) in [7, 11) is 0. The van der Waals surface area contributed by atoms with Gasteiger partial charge < -0.3 is 5.32 Å². The Morgan fingerprint density at radius 2 is 2.24 bits per heavy atom. The minimum atomic E-state index is 0.162. The minimum absolute atomic E-state index is 0.162. The largest absolute Gasteiger partial charge is 0.307 e. The van der Waals surface area contributed by atoms with Crippen LogP contribution in [0.2, 0.25) is 5.02 Å². The average molecular weight is 319 g/mol. The Hall–Kier alpha value is -0.380. The number of hydrogen-bond donors (Lipinski definition) is 1. The molecule has 0 aliphatic rings. The van der Waals surface area contributed by atoms with Crippen LogP contribution in [0.4, 0.5) is 0 Å². The molecule has 0 spiro atoms. The van der Waals surface area contributed by atoms with Gasteiger partial charge in [-0.25, -0.2) is 0 Å². The molecular weight excluding hydrogens is 302 g/mol. The van der Waals surface area contributed by atoms with Crippen molar-refractivity contribution in [3.8, 4) is 0 Å². The predicted molar refractivity (Wildman–Crippen MR) is 75.6 cm³/mol. The van der Waals surface area contributed by atoms with Crippen LogP contribution in [0.15, 0.2) is 22.7 Å². The molecule has 0 saturated heterocycles. The van der Waals surface area contributed by atoms with Gasteiger partial charge in [-0.3, -0.25) is 4.79 Å². The van der Waals surface area contributed by atoms with Gasteiger partial charge in [-0.05, 0) is 31.0 Å². The number of benzene rings is 1. The molecule has 1 N–H and O–H groups in total. The van der Waals surface area contributed by atoms with Gasteiger partial charge in [0, 0.05) is 22.0 Å². The van der Waals surface area contributed by atoms with E-state index in [1.54, 1.807) is 0 Å². The third-order valence-corrected chi connectivity index (χ3v) is 3.51. The van der Waals surface area contributed by atoms with Crippen LogP contribution in [0.3, 0.4) is 0 Å². The van der Waals surface area contributed by atoms with E-state index in [1.165, 1.54) is 0 Å². The van der Waals surface area contributed by atoms with Crippen molar-refractivity contribution in [2.45, 2.75) is 32.7 Å². The van der Waals surface area contributed by atoms with Crippen LogP contribution in [0.1, 0.15) is 25.8 Å². The zero-order valence-corrected chi connectivity index (χ0v) is 12.4. The maximum absolute atomic E-state index is 11.7. The van der Waals surface area contributed by atoms with Crippen LogP contribution >= 0.6 is 27.5 Å². The van der Waals surface area contributed by atoms with Gasteiger partial charge in [0.2, 0.25) is 0 Å². The van der Waals surface area contributed by atoms with Crippen molar-refractivity contribution in [1.29, 1.82) is 0 Å². The Labute approximate surface area is 116 Å². The fraction of sp³-hybridized carbons (Fsp3) is 0.462. The number of nitrogens with one attached hydrogen (secondary N) is 1. The molecule has 0 heterocycles. The first-order valence-corrected chi connectivity index (χ1v) is 6.89. The van der Waals surface area contributed by atoms with E-state index in [1.807, 2.05) is 18.2 Å². The van der Waals surface area contributed by atoms with Crippen molar-refractivity contribution < 1.29 is 4.79 Å². The zero-order chi connectivity index (χ0) is 12.8. The first-order chi connectivity index (χ1) is 8.02. The molecule has 1 rings (SSSR count). The standard InChI is InChI=1S/C13H17BrClNO/c1-3-9(2)16-8-12(17)6-10-4-5-11(14)7-13(10)15/h4-5,7,9,16H,3,6,8H2,1-2H3. The molecule has 0 saturated carbocycles. The second kappa shape index (κ2) is 7.14. The van der Waals surface area contributed by atoms with E-state index in [0.29, 0.717) is 24.0 Å². The van der Waals surface area contributed by atoms with Crippen LogP contribution in [0.5, 0.6) is 0 Å². The van der Waals surface area contributed by atoms with Gasteiger partial charge in [-0.2, -0.15) is 0 Å². The molecule has 94 valence electrons. The third-order valence-electron chi connectivity index (χ3n) is 2.66. The van der Waals surface area contributed by atoms with Gasteiger partial charge in [-0.1, -0.05) is 40.5 Å². The van der Waals surface area contributed by atoms with E-state index < -0.39 is 0 Å².